The third-order valence-corrected chi connectivity index (χ3v) is 7.82. The van der Waals surface area contributed by atoms with Gasteiger partial charge in [-0.15, -0.1) is 0 Å². The molecule has 1 N–H and O–H groups in total. The molecule has 8 rings (SSSR count). The molecule has 0 aliphatic carbocycles. The highest BCUT2D eigenvalue weighted by atomic mass is 15.0. The maximum absolute atomic E-state index is 5.14. The maximum atomic E-state index is 5.14. The third-order valence-electron chi connectivity index (χ3n) is 7.82. The van der Waals surface area contributed by atoms with E-state index < -0.39 is 0 Å². The van der Waals surface area contributed by atoms with Crippen molar-refractivity contribution in [3.05, 3.63) is 139 Å². The first-order chi connectivity index (χ1) is 20.3. The molecule has 1 aliphatic heterocycles. The summed E-state index contributed by atoms with van der Waals surface area (Å²) in [5.41, 5.74) is 10.6. The lowest BCUT2D eigenvalue weighted by Gasteiger charge is -2.15. The van der Waals surface area contributed by atoms with E-state index in [4.69, 9.17) is 4.98 Å². The van der Waals surface area contributed by atoms with Crippen LogP contribution in [0.3, 0.4) is 0 Å². The molecule has 1 aliphatic rings. The average Bonchev–Trinajstić information content (AvgIpc) is 3.39. The molecule has 4 nitrogen and oxygen atoms in total. The highest BCUT2D eigenvalue weighted by Gasteiger charge is 2.18. The van der Waals surface area contributed by atoms with Crippen molar-refractivity contribution in [2.45, 2.75) is 0 Å². The van der Waals surface area contributed by atoms with Gasteiger partial charge in [-0.1, -0.05) is 78.9 Å². The predicted molar refractivity (Wildman–Crippen MR) is 170 cm³/mol. The molecule has 3 aromatic heterocycles. The van der Waals surface area contributed by atoms with Gasteiger partial charge in [0, 0.05) is 29.4 Å². The number of aromatic nitrogens is 3. The number of rotatable bonds is 4. The van der Waals surface area contributed by atoms with Gasteiger partial charge in [-0.3, -0.25) is 4.98 Å². The topological polar surface area (TPSA) is 42.7 Å². The van der Waals surface area contributed by atoms with Gasteiger partial charge in [0.05, 0.1) is 34.0 Å². The molecule has 0 saturated heterocycles. The summed E-state index contributed by atoms with van der Waals surface area (Å²) in [5.74, 6) is 0. The molecule has 0 atom stereocenters. The second kappa shape index (κ2) is 9.61. The second-order valence-corrected chi connectivity index (χ2v) is 10.3. The lowest BCUT2D eigenvalue weighted by Crippen LogP contribution is -2.06. The Hall–Kier alpha value is -5.48. The van der Waals surface area contributed by atoms with Crippen molar-refractivity contribution in [3.63, 3.8) is 0 Å². The largest absolute Gasteiger partial charge is 0.379 e. The Morgan fingerprint density at radius 2 is 1.46 bits per heavy atom. The van der Waals surface area contributed by atoms with Gasteiger partial charge >= 0.3 is 0 Å². The van der Waals surface area contributed by atoms with Crippen LogP contribution >= 0.6 is 0 Å². The van der Waals surface area contributed by atoms with Crippen molar-refractivity contribution in [2.75, 3.05) is 11.9 Å². The first kappa shape index (κ1) is 23.4. The van der Waals surface area contributed by atoms with Crippen molar-refractivity contribution in [2.24, 2.45) is 0 Å². The summed E-state index contributed by atoms with van der Waals surface area (Å²) in [7, 11) is 0. The minimum Gasteiger partial charge on any atom is -0.379 e. The van der Waals surface area contributed by atoms with Crippen molar-refractivity contribution < 1.29 is 0 Å². The molecule has 0 fully saturated rings. The Morgan fingerprint density at radius 3 is 2.39 bits per heavy atom. The number of hydrogen-bond donors (Lipinski definition) is 1. The lowest BCUT2D eigenvalue weighted by molar-refractivity contribution is 1.10. The zero-order valence-electron chi connectivity index (χ0n) is 22.3. The molecule has 4 aromatic carbocycles. The minimum absolute atomic E-state index is 0.836. The van der Waals surface area contributed by atoms with E-state index in [0.717, 1.165) is 46.0 Å². The molecular weight excluding hydrogens is 500 g/mol. The molecule has 4 heteroatoms. The van der Waals surface area contributed by atoms with E-state index >= 15 is 0 Å². The van der Waals surface area contributed by atoms with Gasteiger partial charge in [0.1, 0.15) is 0 Å². The molecule has 0 saturated carbocycles. The molecule has 194 valence electrons. The number of para-hydroxylation sites is 1. The van der Waals surface area contributed by atoms with Gasteiger partial charge in [0.25, 0.3) is 0 Å². The van der Waals surface area contributed by atoms with E-state index in [2.05, 4.69) is 130 Å². The Kier molecular flexibility index (Phi) is 5.49. The summed E-state index contributed by atoms with van der Waals surface area (Å²) in [6, 6.07) is 42.7. The zero-order chi connectivity index (χ0) is 27.2. The van der Waals surface area contributed by atoms with Crippen LogP contribution < -0.4 is 5.32 Å². The normalized spacial score (nSPS) is 12.4. The highest BCUT2D eigenvalue weighted by molar-refractivity contribution is 6.00. The molecule has 0 bridgehead atoms. The smallest absolute Gasteiger partial charge is 0.0899 e. The zero-order valence-corrected chi connectivity index (χ0v) is 22.3. The van der Waals surface area contributed by atoms with Gasteiger partial charge < -0.3 is 9.88 Å². The monoisotopic (exact) mass is 526 g/mol. The van der Waals surface area contributed by atoms with Crippen molar-refractivity contribution in [3.8, 4) is 39.5 Å². The van der Waals surface area contributed by atoms with Crippen LogP contribution in [0.15, 0.2) is 134 Å². The lowest BCUT2D eigenvalue weighted by atomic mass is 9.98. The van der Waals surface area contributed by atoms with Crippen LogP contribution in [-0.4, -0.2) is 21.1 Å². The van der Waals surface area contributed by atoms with Crippen LogP contribution in [-0.2, 0) is 0 Å². The number of anilines is 1. The fourth-order valence-corrected chi connectivity index (χ4v) is 5.88. The summed E-state index contributed by atoms with van der Waals surface area (Å²) >= 11 is 0. The highest BCUT2D eigenvalue weighted by Crippen LogP contribution is 2.37. The van der Waals surface area contributed by atoms with Gasteiger partial charge in [-0.05, 0) is 76.5 Å². The fraction of sp³-hybridized carbons (Fsp3) is 0.0270. The van der Waals surface area contributed by atoms with Crippen molar-refractivity contribution >= 4 is 33.4 Å². The van der Waals surface area contributed by atoms with Crippen LogP contribution in [0.4, 0.5) is 5.69 Å². The molecular formula is C37H26N4. The standard InChI is InChI=1S/C37H26N4/c1-2-10-26-21-27(18-17-25(26)9-1)29-23-33(40-34(24-29)32-14-5-6-19-38-32)28-11-7-12-30(22-28)41-35-15-4-3-13-31(35)37-36(41)16-8-20-39-37/h1-19,21-24,39H,20H2. The van der Waals surface area contributed by atoms with Gasteiger partial charge in [-0.25, -0.2) is 4.98 Å². The number of fused-ring (bicyclic) bond motifs is 4. The van der Waals surface area contributed by atoms with E-state index in [1.165, 1.54) is 33.1 Å². The minimum atomic E-state index is 0.836. The quantitative estimate of drug-likeness (QED) is 0.249. The van der Waals surface area contributed by atoms with Crippen LogP contribution in [0, 0.1) is 0 Å². The molecule has 0 unspecified atom stereocenters. The Bertz CT molecular complexity index is 2100. The molecule has 0 radical (unpaired) electrons. The first-order valence-corrected chi connectivity index (χ1v) is 13.9. The van der Waals surface area contributed by atoms with Crippen LogP contribution in [0.5, 0.6) is 0 Å². The molecule has 0 amide bonds. The van der Waals surface area contributed by atoms with E-state index in [0.29, 0.717) is 0 Å². The SMILES string of the molecule is C1=Cc2c(c3ccccc3n2-c2cccc(-c3cc(-c4ccc5ccccc5c4)cc(-c4ccccn4)n3)c2)NC1. The summed E-state index contributed by atoms with van der Waals surface area (Å²) in [4.78, 5) is 9.76. The van der Waals surface area contributed by atoms with E-state index in [9.17, 15) is 0 Å². The molecule has 0 spiro atoms. The van der Waals surface area contributed by atoms with Gasteiger partial charge in [0.15, 0.2) is 0 Å². The predicted octanol–water partition coefficient (Wildman–Crippen LogP) is 9.01. The summed E-state index contributed by atoms with van der Waals surface area (Å²) < 4.78 is 2.34. The van der Waals surface area contributed by atoms with Crippen molar-refractivity contribution in [1.29, 1.82) is 0 Å². The van der Waals surface area contributed by atoms with Crippen molar-refractivity contribution in [1.82, 2.24) is 14.5 Å². The summed E-state index contributed by atoms with van der Waals surface area (Å²) in [6.45, 7) is 0.836. The van der Waals surface area contributed by atoms with Crippen LogP contribution in [0.1, 0.15) is 5.69 Å². The number of nitrogens with zero attached hydrogens (tertiary/aromatic N) is 3. The second-order valence-electron chi connectivity index (χ2n) is 10.3. The number of pyridine rings is 2. The van der Waals surface area contributed by atoms with Crippen LogP contribution in [0.2, 0.25) is 0 Å². The van der Waals surface area contributed by atoms with E-state index in [-0.39, 0.29) is 0 Å². The van der Waals surface area contributed by atoms with Gasteiger partial charge in [0.2, 0.25) is 0 Å². The average molecular weight is 527 g/mol. The van der Waals surface area contributed by atoms with Crippen LogP contribution in [0.25, 0.3) is 67.2 Å². The Morgan fingerprint density at radius 1 is 0.610 bits per heavy atom. The van der Waals surface area contributed by atoms with Gasteiger partial charge in [-0.2, -0.15) is 0 Å². The summed E-state index contributed by atoms with van der Waals surface area (Å²) in [5, 5.41) is 7.26. The number of benzene rings is 4. The maximum Gasteiger partial charge on any atom is 0.0899 e. The Balaban J connectivity index is 1.31. The fourth-order valence-electron chi connectivity index (χ4n) is 5.88. The Labute approximate surface area is 238 Å². The number of hydrogen-bond acceptors (Lipinski definition) is 3. The first-order valence-electron chi connectivity index (χ1n) is 13.9. The molecule has 4 heterocycles. The summed E-state index contributed by atoms with van der Waals surface area (Å²) in [6.07, 6.45) is 6.22. The van der Waals surface area contributed by atoms with E-state index in [1.54, 1.807) is 0 Å². The molecule has 7 aromatic rings. The van der Waals surface area contributed by atoms with E-state index in [1.807, 2.05) is 24.4 Å². The molecule has 41 heavy (non-hydrogen) atoms. The number of nitrogens with one attached hydrogen (secondary N) is 1. The third kappa shape index (κ3) is 4.09.